The molecule has 4 N–H and O–H groups in total. The molecular formula is C27H30N4O2. The second-order valence-electron chi connectivity index (χ2n) is 9.95. The van der Waals surface area contributed by atoms with Crippen molar-refractivity contribution in [1.29, 1.82) is 0 Å². The van der Waals surface area contributed by atoms with Gasteiger partial charge < -0.3 is 21.3 Å². The Hall–Kier alpha value is -3.28. The van der Waals surface area contributed by atoms with Gasteiger partial charge in [-0.05, 0) is 80.7 Å². The fourth-order valence-electron chi connectivity index (χ4n) is 6.34. The molecule has 5 aliphatic rings. The summed E-state index contributed by atoms with van der Waals surface area (Å²) in [5, 5.41) is 14.0. The Morgan fingerprint density at radius 2 is 2.27 bits per heavy atom. The third kappa shape index (κ3) is 3.15. The highest BCUT2D eigenvalue weighted by Crippen LogP contribution is 2.54. The minimum Gasteiger partial charge on any atom is -0.508 e. The molecule has 170 valence electrons. The number of aliphatic hydroxyl groups is 1. The Morgan fingerprint density at radius 3 is 3.12 bits per heavy atom. The molecular weight excluding hydrogens is 412 g/mol. The SMILES string of the molecule is CC12CCCC=C1C(O)=CC1=C2NNC2=C1CC1=C2C(C(=O)NCCc2cccnc2)CC1. The number of amides is 1. The molecule has 6 heteroatoms. The van der Waals surface area contributed by atoms with E-state index in [0.29, 0.717) is 12.3 Å². The van der Waals surface area contributed by atoms with Crippen LogP contribution < -0.4 is 16.2 Å². The van der Waals surface area contributed by atoms with Crippen LogP contribution in [0.5, 0.6) is 0 Å². The highest BCUT2D eigenvalue weighted by atomic mass is 16.3. The first kappa shape index (κ1) is 20.3. The zero-order valence-corrected chi connectivity index (χ0v) is 19.0. The average Bonchev–Trinajstić information content (AvgIpc) is 3.39. The van der Waals surface area contributed by atoms with Crippen LogP contribution in [0.1, 0.15) is 51.0 Å². The number of hydrogen-bond acceptors (Lipinski definition) is 5. The molecule has 1 aromatic rings. The summed E-state index contributed by atoms with van der Waals surface area (Å²) in [4.78, 5) is 17.3. The number of rotatable bonds is 4. The van der Waals surface area contributed by atoms with Gasteiger partial charge in [0.1, 0.15) is 5.76 Å². The van der Waals surface area contributed by atoms with Crippen LogP contribution in [0.4, 0.5) is 0 Å². The topological polar surface area (TPSA) is 86.3 Å². The van der Waals surface area contributed by atoms with Crippen LogP contribution in [0.25, 0.3) is 0 Å². The number of hydrogen-bond donors (Lipinski definition) is 4. The first-order valence-corrected chi connectivity index (χ1v) is 12.1. The molecule has 2 atom stereocenters. The summed E-state index contributed by atoms with van der Waals surface area (Å²) in [6, 6.07) is 3.96. The fraction of sp³-hybridized carbons (Fsp3) is 0.407. The van der Waals surface area contributed by atoms with E-state index in [0.717, 1.165) is 78.6 Å². The maximum Gasteiger partial charge on any atom is 0.227 e. The van der Waals surface area contributed by atoms with Crippen molar-refractivity contribution < 1.29 is 9.90 Å². The first-order valence-electron chi connectivity index (χ1n) is 12.1. The van der Waals surface area contributed by atoms with E-state index in [4.69, 9.17) is 0 Å². The summed E-state index contributed by atoms with van der Waals surface area (Å²) in [6.07, 6.45) is 14.3. The number of fused-ring (bicyclic) bond motifs is 4. The summed E-state index contributed by atoms with van der Waals surface area (Å²) in [5.41, 5.74) is 16.0. The maximum atomic E-state index is 13.1. The number of allylic oxidation sites excluding steroid dienone is 8. The monoisotopic (exact) mass is 442 g/mol. The zero-order chi connectivity index (χ0) is 22.6. The number of hydrazine groups is 1. The molecule has 2 heterocycles. The molecule has 0 radical (unpaired) electrons. The molecule has 0 spiro atoms. The smallest absolute Gasteiger partial charge is 0.227 e. The van der Waals surface area contributed by atoms with E-state index in [-0.39, 0.29) is 17.2 Å². The van der Waals surface area contributed by atoms with Crippen molar-refractivity contribution in [1.82, 2.24) is 21.2 Å². The molecule has 33 heavy (non-hydrogen) atoms. The van der Waals surface area contributed by atoms with Gasteiger partial charge in [-0.15, -0.1) is 0 Å². The number of nitrogens with one attached hydrogen (secondary N) is 3. The molecule has 0 saturated carbocycles. The summed E-state index contributed by atoms with van der Waals surface area (Å²) in [6.45, 7) is 2.84. The minimum atomic E-state index is -0.200. The van der Waals surface area contributed by atoms with E-state index in [1.54, 1.807) is 6.20 Å². The van der Waals surface area contributed by atoms with Gasteiger partial charge in [0.05, 0.1) is 11.6 Å². The van der Waals surface area contributed by atoms with Gasteiger partial charge in [0.15, 0.2) is 0 Å². The van der Waals surface area contributed by atoms with E-state index in [1.165, 1.54) is 11.1 Å². The highest BCUT2D eigenvalue weighted by molar-refractivity contribution is 5.85. The molecule has 6 rings (SSSR count). The zero-order valence-electron chi connectivity index (χ0n) is 19.0. The summed E-state index contributed by atoms with van der Waals surface area (Å²) in [5.74, 6) is 0.369. The van der Waals surface area contributed by atoms with E-state index < -0.39 is 0 Å². The number of carbonyl (C=O) groups excluding carboxylic acids is 1. The van der Waals surface area contributed by atoms with Gasteiger partial charge in [0.25, 0.3) is 0 Å². The van der Waals surface area contributed by atoms with Gasteiger partial charge in [-0.2, -0.15) is 0 Å². The molecule has 0 fully saturated rings. The van der Waals surface area contributed by atoms with E-state index in [9.17, 15) is 9.90 Å². The molecule has 1 amide bonds. The summed E-state index contributed by atoms with van der Waals surface area (Å²) in [7, 11) is 0. The third-order valence-electron chi connectivity index (χ3n) is 8.02. The second-order valence-corrected chi connectivity index (χ2v) is 9.95. The first-order chi connectivity index (χ1) is 16.1. The fourth-order valence-corrected chi connectivity index (χ4v) is 6.34. The molecule has 1 aromatic heterocycles. The molecule has 1 aliphatic heterocycles. The van der Waals surface area contributed by atoms with Gasteiger partial charge in [-0.25, -0.2) is 0 Å². The van der Waals surface area contributed by atoms with Crippen molar-refractivity contribution in [2.75, 3.05) is 6.54 Å². The van der Waals surface area contributed by atoms with Gasteiger partial charge >= 0.3 is 0 Å². The van der Waals surface area contributed by atoms with Crippen molar-refractivity contribution >= 4 is 5.91 Å². The maximum absolute atomic E-state index is 13.1. The number of pyridine rings is 1. The van der Waals surface area contributed by atoms with E-state index in [1.807, 2.05) is 24.4 Å². The molecule has 0 aromatic carbocycles. The quantitative estimate of drug-likeness (QED) is 0.566. The lowest BCUT2D eigenvalue weighted by molar-refractivity contribution is -0.123. The van der Waals surface area contributed by atoms with Gasteiger partial charge in [0, 0.05) is 41.2 Å². The molecule has 0 saturated heterocycles. The lowest BCUT2D eigenvalue weighted by Gasteiger charge is -2.43. The predicted octanol–water partition coefficient (Wildman–Crippen LogP) is 4.04. The van der Waals surface area contributed by atoms with Crippen molar-refractivity contribution in [3.63, 3.8) is 0 Å². The average molecular weight is 443 g/mol. The summed E-state index contributed by atoms with van der Waals surface area (Å²) < 4.78 is 0. The minimum absolute atomic E-state index is 0.103. The van der Waals surface area contributed by atoms with Crippen LogP contribution in [0.15, 0.2) is 81.7 Å². The van der Waals surface area contributed by atoms with E-state index >= 15 is 0 Å². The Kier molecular flexibility index (Phi) is 4.71. The standard InChI is InChI=1S/C27H30N4O2/c1-27-10-3-2-6-21(27)22(32)14-20-19-13-17-7-8-18(23(17)24(19)30-31-25(20)27)26(33)29-12-9-16-5-4-11-28-15-16/h4-6,11,14-15,18,30-32H,2-3,7-10,12-13H2,1H3,(H,29,33). The molecule has 2 unspecified atom stereocenters. The lowest BCUT2D eigenvalue weighted by atomic mass is 9.66. The van der Waals surface area contributed by atoms with Gasteiger partial charge in [-0.1, -0.05) is 17.7 Å². The number of aliphatic hydroxyl groups excluding tert-OH is 1. The third-order valence-corrected chi connectivity index (χ3v) is 8.02. The van der Waals surface area contributed by atoms with Crippen molar-refractivity contribution in [3.8, 4) is 0 Å². The molecule has 4 aliphatic carbocycles. The Balaban J connectivity index is 1.24. The number of carbonyl (C=O) groups is 1. The molecule has 0 bridgehead atoms. The van der Waals surface area contributed by atoms with Crippen LogP contribution in [0, 0.1) is 11.3 Å². The van der Waals surface area contributed by atoms with E-state index in [2.05, 4.69) is 34.2 Å². The van der Waals surface area contributed by atoms with Gasteiger partial charge in [-0.3, -0.25) is 9.78 Å². The Bertz CT molecular complexity index is 1190. The van der Waals surface area contributed by atoms with Crippen LogP contribution in [0.2, 0.25) is 0 Å². The largest absolute Gasteiger partial charge is 0.508 e. The van der Waals surface area contributed by atoms with Crippen LogP contribution in [0.3, 0.4) is 0 Å². The summed E-state index contributed by atoms with van der Waals surface area (Å²) >= 11 is 0. The van der Waals surface area contributed by atoms with Crippen molar-refractivity contribution in [2.45, 2.75) is 51.9 Å². The number of aromatic nitrogens is 1. The van der Waals surface area contributed by atoms with Crippen LogP contribution >= 0.6 is 0 Å². The highest BCUT2D eigenvalue weighted by Gasteiger charge is 2.46. The van der Waals surface area contributed by atoms with Crippen LogP contribution in [-0.2, 0) is 11.2 Å². The van der Waals surface area contributed by atoms with Crippen LogP contribution in [-0.4, -0.2) is 22.5 Å². The van der Waals surface area contributed by atoms with Crippen molar-refractivity contribution in [2.24, 2.45) is 11.3 Å². The normalized spacial score (nSPS) is 27.6. The Labute approximate surface area is 194 Å². The van der Waals surface area contributed by atoms with Gasteiger partial charge in [0.2, 0.25) is 5.91 Å². The number of nitrogens with zero attached hydrogens (tertiary/aromatic N) is 1. The van der Waals surface area contributed by atoms with Crippen molar-refractivity contribution in [3.05, 3.63) is 87.3 Å². The molecule has 6 nitrogen and oxygen atoms in total. The predicted molar refractivity (Wildman–Crippen MR) is 126 cm³/mol. The lowest BCUT2D eigenvalue weighted by Crippen LogP contribution is -2.46. The Morgan fingerprint density at radius 1 is 1.36 bits per heavy atom. The second kappa shape index (κ2) is 7.65.